The van der Waals surface area contributed by atoms with Crippen LogP contribution in [0, 0.1) is 0 Å². The van der Waals surface area contributed by atoms with Crippen molar-refractivity contribution in [2.45, 2.75) is 187 Å². The lowest BCUT2D eigenvalue weighted by Gasteiger charge is -2.22. The van der Waals surface area contributed by atoms with Crippen molar-refractivity contribution in [1.82, 2.24) is 5.32 Å². The van der Waals surface area contributed by atoms with Crippen LogP contribution in [0.15, 0.2) is 12.2 Å². The summed E-state index contributed by atoms with van der Waals surface area (Å²) >= 11 is 0. The molecule has 0 radical (unpaired) electrons. The Balaban J connectivity index is 4.46. The predicted octanol–water partition coefficient (Wildman–Crippen LogP) is 8.92. The third-order valence-corrected chi connectivity index (χ3v) is 7.66. The lowest BCUT2D eigenvalue weighted by molar-refractivity contribution is -0.146. The minimum atomic E-state index is -0.935. The van der Waals surface area contributed by atoms with E-state index in [4.69, 9.17) is 4.74 Å². The number of unbranched alkanes of at least 4 members (excludes halogenated alkanes) is 17. The maximum Gasteiger partial charge on any atom is 0.306 e. The molecule has 0 aromatic heterocycles. The van der Waals surface area contributed by atoms with Gasteiger partial charge in [-0.15, -0.1) is 0 Å². The molecule has 2 atom stereocenters. The first-order valence-corrected chi connectivity index (χ1v) is 17.3. The fourth-order valence-electron chi connectivity index (χ4n) is 4.88. The Kier molecular flexibility index (Phi) is 28.6. The van der Waals surface area contributed by atoms with E-state index in [9.17, 15) is 19.5 Å². The number of amides is 1. The monoisotopic (exact) mass is 579 g/mol. The van der Waals surface area contributed by atoms with Crippen LogP contribution >= 0.6 is 0 Å². The van der Waals surface area contributed by atoms with Crippen LogP contribution in [0.25, 0.3) is 0 Å². The van der Waals surface area contributed by atoms with E-state index in [0.717, 1.165) is 57.8 Å². The van der Waals surface area contributed by atoms with Crippen molar-refractivity contribution in [3.8, 4) is 0 Å². The smallest absolute Gasteiger partial charge is 0.306 e. The number of hydrogen-bond acceptors (Lipinski definition) is 5. The molecule has 0 aliphatic rings. The van der Waals surface area contributed by atoms with Crippen LogP contribution in [-0.4, -0.2) is 41.5 Å². The summed E-state index contributed by atoms with van der Waals surface area (Å²) in [5.41, 5.74) is 0. The van der Waals surface area contributed by atoms with Gasteiger partial charge in [0.15, 0.2) is 0 Å². The molecule has 2 N–H and O–H groups in total. The fourth-order valence-corrected chi connectivity index (χ4v) is 4.88. The lowest BCUT2D eigenvalue weighted by Crippen LogP contribution is -2.46. The number of Topliss-reactive ketones (excluding diaryl/α,β-unsaturated/α-hetero) is 1. The molecule has 0 unspecified atom stereocenters. The van der Waals surface area contributed by atoms with Gasteiger partial charge in [-0.1, -0.05) is 136 Å². The second-order valence-electron chi connectivity index (χ2n) is 11.8. The average molecular weight is 580 g/mol. The highest BCUT2D eigenvalue weighted by atomic mass is 16.5. The number of hydrogen-bond donors (Lipinski definition) is 2. The van der Waals surface area contributed by atoms with E-state index in [-0.39, 0.29) is 31.1 Å². The highest BCUT2D eigenvalue weighted by Gasteiger charge is 2.21. The van der Waals surface area contributed by atoms with Gasteiger partial charge in [-0.2, -0.15) is 0 Å². The molecule has 6 nitrogen and oxygen atoms in total. The standard InChI is InChI=1S/C35H65NO5/c1-4-7-10-12-13-14-15-16-17-18-19-21-23-26-33(38)32(36-34(39)27-24-20-11-8-5-2)30-41-35(40)29-28-31(37)25-22-9-6-3/h23,26,32-33,38H,4-22,24-25,27-30H2,1-3H3,(H,36,39)/b26-23+/t32-,33+/m0/s1. The molecular weight excluding hydrogens is 514 g/mol. The van der Waals surface area contributed by atoms with Gasteiger partial charge in [0.1, 0.15) is 12.4 Å². The van der Waals surface area contributed by atoms with Gasteiger partial charge in [0, 0.05) is 19.3 Å². The zero-order valence-electron chi connectivity index (χ0n) is 27.1. The van der Waals surface area contributed by atoms with Crippen LogP contribution in [0.3, 0.4) is 0 Å². The Morgan fingerprint density at radius 2 is 1.12 bits per heavy atom. The van der Waals surface area contributed by atoms with E-state index in [1.165, 1.54) is 70.6 Å². The summed E-state index contributed by atoms with van der Waals surface area (Å²) in [5, 5.41) is 13.7. The van der Waals surface area contributed by atoms with Crippen molar-refractivity contribution in [3.05, 3.63) is 12.2 Å². The molecule has 41 heavy (non-hydrogen) atoms. The molecule has 0 fully saturated rings. The molecular formula is C35H65NO5. The van der Waals surface area contributed by atoms with Gasteiger partial charge in [0.2, 0.25) is 5.91 Å². The van der Waals surface area contributed by atoms with Crippen molar-refractivity contribution in [2.24, 2.45) is 0 Å². The van der Waals surface area contributed by atoms with Crippen molar-refractivity contribution in [1.29, 1.82) is 0 Å². The number of ether oxygens (including phenoxy) is 1. The van der Waals surface area contributed by atoms with Gasteiger partial charge < -0.3 is 15.2 Å². The van der Waals surface area contributed by atoms with Crippen LogP contribution in [0.1, 0.15) is 175 Å². The zero-order valence-corrected chi connectivity index (χ0v) is 27.1. The summed E-state index contributed by atoms with van der Waals surface area (Å²) in [6, 6.07) is -0.698. The van der Waals surface area contributed by atoms with Gasteiger partial charge >= 0.3 is 5.97 Å². The Bertz CT molecular complexity index is 663. The van der Waals surface area contributed by atoms with Crippen LogP contribution in [-0.2, 0) is 19.1 Å². The number of aliphatic hydroxyl groups excluding tert-OH is 1. The molecule has 6 heteroatoms. The Hall–Kier alpha value is -1.69. The van der Waals surface area contributed by atoms with Crippen LogP contribution in [0.4, 0.5) is 0 Å². The summed E-state index contributed by atoms with van der Waals surface area (Å²) in [5.74, 6) is -0.523. The highest BCUT2D eigenvalue weighted by Crippen LogP contribution is 2.13. The second kappa shape index (κ2) is 29.8. The van der Waals surface area contributed by atoms with Crippen molar-refractivity contribution < 1.29 is 24.2 Å². The molecule has 0 bridgehead atoms. The molecule has 0 aromatic carbocycles. The van der Waals surface area contributed by atoms with Crippen molar-refractivity contribution >= 4 is 17.7 Å². The molecule has 0 aromatic rings. The Labute approximate surface area is 252 Å². The first-order chi connectivity index (χ1) is 19.9. The Morgan fingerprint density at radius 1 is 0.634 bits per heavy atom. The average Bonchev–Trinajstić information content (AvgIpc) is 2.96. The maximum absolute atomic E-state index is 12.5. The quantitative estimate of drug-likeness (QED) is 0.0503. The van der Waals surface area contributed by atoms with Gasteiger partial charge in [-0.3, -0.25) is 14.4 Å². The van der Waals surface area contributed by atoms with Crippen LogP contribution in [0.2, 0.25) is 0 Å². The summed E-state index contributed by atoms with van der Waals surface area (Å²) in [4.78, 5) is 36.8. The molecule has 0 rings (SSSR count). The number of carbonyl (C=O) groups is 3. The van der Waals surface area contributed by atoms with Crippen LogP contribution < -0.4 is 5.32 Å². The first-order valence-electron chi connectivity index (χ1n) is 17.3. The second-order valence-corrected chi connectivity index (χ2v) is 11.8. The van der Waals surface area contributed by atoms with E-state index in [1.807, 2.05) is 6.08 Å². The number of carbonyl (C=O) groups excluding carboxylic acids is 3. The van der Waals surface area contributed by atoms with Gasteiger partial charge in [-0.05, 0) is 25.7 Å². The summed E-state index contributed by atoms with van der Waals surface area (Å²) < 4.78 is 5.38. The lowest BCUT2D eigenvalue weighted by atomic mass is 10.0. The van der Waals surface area contributed by atoms with E-state index in [2.05, 4.69) is 26.1 Å². The van der Waals surface area contributed by atoms with E-state index < -0.39 is 18.1 Å². The van der Waals surface area contributed by atoms with Gasteiger partial charge in [0.05, 0.1) is 18.6 Å². The maximum atomic E-state index is 12.5. The molecule has 0 spiro atoms. The molecule has 240 valence electrons. The summed E-state index contributed by atoms with van der Waals surface area (Å²) in [7, 11) is 0. The third kappa shape index (κ3) is 26.9. The normalized spacial score (nSPS) is 12.9. The Morgan fingerprint density at radius 3 is 1.71 bits per heavy atom. The number of rotatable bonds is 30. The topological polar surface area (TPSA) is 92.7 Å². The minimum Gasteiger partial charge on any atom is -0.463 e. The van der Waals surface area contributed by atoms with Crippen LogP contribution in [0.5, 0.6) is 0 Å². The third-order valence-electron chi connectivity index (χ3n) is 7.66. The predicted molar refractivity (Wildman–Crippen MR) is 171 cm³/mol. The van der Waals surface area contributed by atoms with Gasteiger partial charge in [0.25, 0.3) is 0 Å². The number of nitrogens with one attached hydrogen (secondary N) is 1. The summed E-state index contributed by atoms with van der Waals surface area (Å²) in [6.07, 6.45) is 27.2. The molecule has 1 amide bonds. The summed E-state index contributed by atoms with van der Waals surface area (Å²) in [6.45, 7) is 6.40. The molecule has 0 saturated carbocycles. The number of ketones is 1. The number of allylic oxidation sites excluding steroid dienone is 1. The highest BCUT2D eigenvalue weighted by molar-refractivity contribution is 5.82. The largest absolute Gasteiger partial charge is 0.463 e. The van der Waals surface area contributed by atoms with E-state index in [1.54, 1.807) is 6.08 Å². The molecule has 0 aliphatic heterocycles. The molecule has 0 heterocycles. The molecule has 0 saturated heterocycles. The zero-order chi connectivity index (χ0) is 30.4. The van der Waals surface area contributed by atoms with E-state index >= 15 is 0 Å². The molecule has 0 aliphatic carbocycles. The first kappa shape index (κ1) is 39.3. The number of esters is 1. The van der Waals surface area contributed by atoms with E-state index in [0.29, 0.717) is 12.8 Å². The fraction of sp³-hybridized carbons (Fsp3) is 0.857. The van der Waals surface area contributed by atoms with Gasteiger partial charge in [-0.25, -0.2) is 0 Å². The number of aliphatic hydroxyl groups is 1. The minimum absolute atomic E-state index is 0.0356. The SMILES string of the molecule is CCCCCCCCCCCCC/C=C/[C@@H](O)[C@H](COC(=O)CCC(=O)CCCCC)NC(=O)CCCCCCC. The van der Waals surface area contributed by atoms with Crippen molar-refractivity contribution in [3.63, 3.8) is 0 Å². The van der Waals surface area contributed by atoms with Crippen molar-refractivity contribution in [2.75, 3.05) is 6.61 Å².